The maximum Gasteiger partial charge on any atom is 0.140 e. The molecule has 2 aliphatic rings. The Bertz CT molecular complexity index is 517. The molecule has 1 N–H and O–H groups in total. The van der Waals surface area contributed by atoms with Crippen LogP contribution in [0.4, 0.5) is 0 Å². The summed E-state index contributed by atoms with van der Waals surface area (Å²) in [5.74, 6) is 0.971. The first-order chi connectivity index (χ1) is 9.25. The minimum atomic E-state index is -0.213. The standard InChI is InChI=1S/C15H22N2OS/c1-18-15(9-5-6-10-15)14-16-12-8-4-2-3-7-11(12)13(19)17-14/h2-10H2,1H3,(H,16,17,19). The van der Waals surface area contributed by atoms with Gasteiger partial charge in [0, 0.05) is 18.4 Å². The minimum Gasteiger partial charge on any atom is -0.370 e. The van der Waals surface area contributed by atoms with Crippen molar-refractivity contribution in [3.8, 4) is 0 Å². The van der Waals surface area contributed by atoms with E-state index in [1.54, 1.807) is 7.11 Å². The van der Waals surface area contributed by atoms with Crippen molar-refractivity contribution in [1.82, 2.24) is 9.97 Å². The molecule has 104 valence electrons. The van der Waals surface area contributed by atoms with Crippen LogP contribution < -0.4 is 0 Å². The monoisotopic (exact) mass is 278 g/mol. The summed E-state index contributed by atoms with van der Waals surface area (Å²) in [6.45, 7) is 0. The Balaban J connectivity index is 2.06. The maximum atomic E-state index is 5.82. The van der Waals surface area contributed by atoms with Gasteiger partial charge >= 0.3 is 0 Å². The topological polar surface area (TPSA) is 37.9 Å². The van der Waals surface area contributed by atoms with Crippen molar-refractivity contribution in [2.45, 2.75) is 63.4 Å². The number of aromatic nitrogens is 2. The molecular weight excluding hydrogens is 256 g/mol. The molecule has 1 heterocycles. The lowest BCUT2D eigenvalue weighted by Gasteiger charge is -2.27. The summed E-state index contributed by atoms with van der Waals surface area (Å²) >= 11 is 5.53. The van der Waals surface area contributed by atoms with E-state index >= 15 is 0 Å². The summed E-state index contributed by atoms with van der Waals surface area (Å²) in [5, 5.41) is 0. The first-order valence-electron chi connectivity index (χ1n) is 7.43. The van der Waals surface area contributed by atoms with Crippen LogP contribution in [-0.4, -0.2) is 17.1 Å². The van der Waals surface area contributed by atoms with Gasteiger partial charge in [-0.25, -0.2) is 4.98 Å². The zero-order chi connectivity index (χ0) is 13.3. The zero-order valence-electron chi connectivity index (χ0n) is 11.6. The molecule has 0 bridgehead atoms. The molecule has 0 saturated heterocycles. The fourth-order valence-corrected chi connectivity index (χ4v) is 3.81. The summed E-state index contributed by atoms with van der Waals surface area (Å²) < 4.78 is 6.62. The highest BCUT2D eigenvalue weighted by atomic mass is 32.1. The largest absolute Gasteiger partial charge is 0.370 e. The van der Waals surface area contributed by atoms with Crippen molar-refractivity contribution < 1.29 is 4.74 Å². The summed E-state index contributed by atoms with van der Waals surface area (Å²) in [7, 11) is 1.80. The van der Waals surface area contributed by atoms with E-state index in [9.17, 15) is 0 Å². The second kappa shape index (κ2) is 5.33. The Hall–Kier alpha value is -0.740. The molecule has 2 aliphatic carbocycles. The van der Waals surface area contributed by atoms with Gasteiger partial charge in [-0.2, -0.15) is 0 Å². The third kappa shape index (κ3) is 2.36. The van der Waals surface area contributed by atoms with Crippen molar-refractivity contribution in [1.29, 1.82) is 0 Å². The number of aryl methyl sites for hydroxylation is 1. The van der Waals surface area contributed by atoms with E-state index in [0.717, 1.165) is 36.1 Å². The van der Waals surface area contributed by atoms with Crippen LogP contribution in [0.25, 0.3) is 0 Å². The second-order valence-electron chi connectivity index (χ2n) is 5.81. The number of fused-ring (bicyclic) bond motifs is 1. The molecule has 19 heavy (non-hydrogen) atoms. The highest BCUT2D eigenvalue weighted by Crippen LogP contribution is 2.40. The van der Waals surface area contributed by atoms with Gasteiger partial charge in [0.25, 0.3) is 0 Å². The third-order valence-electron chi connectivity index (χ3n) is 4.69. The second-order valence-corrected chi connectivity index (χ2v) is 6.20. The first-order valence-corrected chi connectivity index (χ1v) is 7.84. The van der Waals surface area contributed by atoms with Crippen molar-refractivity contribution in [2.75, 3.05) is 7.11 Å². The Morgan fingerprint density at radius 1 is 1.11 bits per heavy atom. The van der Waals surface area contributed by atoms with Crippen LogP contribution in [0, 0.1) is 4.64 Å². The summed E-state index contributed by atoms with van der Waals surface area (Å²) in [4.78, 5) is 8.26. The van der Waals surface area contributed by atoms with E-state index in [4.69, 9.17) is 17.0 Å². The van der Waals surface area contributed by atoms with Crippen LogP contribution in [0.2, 0.25) is 0 Å². The third-order valence-corrected chi connectivity index (χ3v) is 5.03. The van der Waals surface area contributed by atoms with Crippen molar-refractivity contribution in [2.24, 2.45) is 0 Å². The number of nitrogens with zero attached hydrogens (tertiary/aromatic N) is 1. The van der Waals surface area contributed by atoms with Gasteiger partial charge in [-0.3, -0.25) is 0 Å². The number of rotatable bonds is 2. The Morgan fingerprint density at radius 2 is 1.84 bits per heavy atom. The summed E-state index contributed by atoms with van der Waals surface area (Å²) in [6, 6.07) is 0. The molecule has 3 rings (SSSR count). The van der Waals surface area contributed by atoms with E-state index in [0.29, 0.717) is 0 Å². The lowest BCUT2D eigenvalue weighted by Crippen LogP contribution is -2.28. The average molecular weight is 278 g/mol. The molecular formula is C15H22N2OS. The number of hydrogen-bond donors (Lipinski definition) is 1. The predicted octanol–water partition coefficient (Wildman–Crippen LogP) is 3.82. The molecule has 0 atom stereocenters. The van der Waals surface area contributed by atoms with E-state index in [1.807, 2.05) is 0 Å². The van der Waals surface area contributed by atoms with Crippen LogP contribution in [0.1, 0.15) is 62.0 Å². The molecule has 1 aromatic rings. The molecule has 0 amide bonds. The van der Waals surface area contributed by atoms with Gasteiger partial charge < -0.3 is 9.72 Å². The SMILES string of the molecule is COC1(c2nc(=S)c3c([nH]2)CCCCC3)CCCC1. The lowest BCUT2D eigenvalue weighted by atomic mass is 10.00. The Labute approximate surface area is 119 Å². The lowest BCUT2D eigenvalue weighted by molar-refractivity contribution is -0.0165. The van der Waals surface area contributed by atoms with Gasteiger partial charge in [-0.1, -0.05) is 18.6 Å². The van der Waals surface area contributed by atoms with E-state index in [1.165, 1.54) is 43.4 Å². The molecule has 1 saturated carbocycles. The Morgan fingerprint density at radius 3 is 2.58 bits per heavy atom. The molecule has 3 nitrogen and oxygen atoms in total. The quantitative estimate of drug-likeness (QED) is 0.660. The van der Waals surface area contributed by atoms with Crippen LogP contribution in [0.5, 0.6) is 0 Å². The number of H-pyrrole nitrogens is 1. The van der Waals surface area contributed by atoms with Gasteiger partial charge in [0.2, 0.25) is 0 Å². The van der Waals surface area contributed by atoms with Crippen LogP contribution in [-0.2, 0) is 23.2 Å². The smallest absolute Gasteiger partial charge is 0.140 e. The van der Waals surface area contributed by atoms with Gasteiger partial charge in [-0.05, 0) is 51.4 Å². The highest BCUT2D eigenvalue weighted by Gasteiger charge is 2.38. The van der Waals surface area contributed by atoms with Gasteiger partial charge in [0.15, 0.2) is 0 Å². The number of ether oxygens (including phenoxy) is 1. The number of aromatic amines is 1. The fourth-order valence-electron chi connectivity index (χ4n) is 3.50. The van der Waals surface area contributed by atoms with Gasteiger partial charge in [0.1, 0.15) is 16.1 Å². The van der Waals surface area contributed by atoms with Gasteiger partial charge in [-0.15, -0.1) is 0 Å². The first kappa shape index (κ1) is 13.3. The summed E-state index contributed by atoms with van der Waals surface area (Å²) in [6.07, 6.45) is 10.5. The van der Waals surface area contributed by atoms with E-state index in [2.05, 4.69) is 9.97 Å². The number of hydrogen-bond acceptors (Lipinski definition) is 3. The van der Waals surface area contributed by atoms with E-state index in [-0.39, 0.29) is 5.60 Å². The van der Waals surface area contributed by atoms with Crippen molar-refractivity contribution >= 4 is 12.2 Å². The highest BCUT2D eigenvalue weighted by molar-refractivity contribution is 7.71. The predicted molar refractivity (Wildman–Crippen MR) is 77.8 cm³/mol. The molecule has 0 spiro atoms. The average Bonchev–Trinajstić information content (AvgIpc) is 2.78. The normalized spacial score (nSPS) is 21.9. The van der Waals surface area contributed by atoms with Crippen molar-refractivity contribution in [3.05, 3.63) is 21.7 Å². The molecule has 0 aliphatic heterocycles. The molecule has 1 fully saturated rings. The number of methoxy groups -OCH3 is 1. The zero-order valence-corrected chi connectivity index (χ0v) is 12.4. The number of nitrogens with one attached hydrogen (secondary N) is 1. The Kier molecular flexibility index (Phi) is 3.72. The van der Waals surface area contributed by atoms with E-state index < -0.39 is 0 Å². The fraction of sp³-hybridized carbons (Fsp3) is 0.733. The van der Waals surface area contributed by atoms with Gasteiger partial charge in [0.05, 0.1) is 0 Å². The molecule has 1 aromatic heterocycles. The van der Waals surface area contributed by atoms with Crippen LogP contribution >= 0.6 is 12.2 Å². The molecule has 0 unspecified atom stereocenters. The van der Waals surface area contributed by atoms with Crippen molar-refractivity contribution in [3.63, 3.8) is 0 Å². The molecule has 0 aromatic carbocycles. The molecule has 0 radical (unpaired) electrons. The van der Waals surface area contributed by atoms with Crippen LogP contribution in [0.3, 0.4) is 0 Å². The minimum absolute atomic E-state index is 0.213. The summed E-state index contributed by atoms with van der Waals surface area (Å²) in [5.41, 5.74) is 2.38. The van der Waals surface area contributed by atoms with Crippen LogP contribution in [0.15, 0.2) is 0 Å². The molecule has 4 heteroatoms. The maximum absolute atomic E-state index is 5.82.